The van der Waals surface area contributed by atoms with Crippen LogP contribution in [0.15, 0.2) is 24.3 Å². The number of hydrogen-bond donors (Lipinski definition) is 2. The second-order valence-electron chi connectivity index (χ2n) is 4.98. The van der Waals surface area contributed by atoms with E-state index in [0.29, 0.717) is 18.0 Å². The molecule has 126 valence electrons. The molecule has 1 aromatic rings. The van der Waals surface area contributed by atoms with E-state index in [4.69, 9.17) is 9.84 Å². The minimum atomic E-state index is -1.05. The normalized spacial score (nSPS) is 10.0. The SMILES string of the molecule is CCCNC(=O)CCC(=O)N(C)c1ccc(OCC(=O)O)cc1. The van der Waals surface area contributed by atoms with E-state index in [1.54, 1.807) is 31.3 Å². The van der Waals surface area contributed by atoms with Crippen molar-refractivity contribution in [1.29, 1.82) is 0 Å². The van der Waals surface area contributed by atoms with Crippen molar-refractivity contribution < 1.29 is 24.2 Å². The summed E-state index contributed by atoms with van der Waals surface area (Å²) in [7, 11) is 1.62. The number of amides is 2. The number of nitrogens with one attached hydrogen (secondary N) is 1. The first-order valence-electron chi connectivity index (χ1n) is 7.42. The number of rotatable bonds is 9. The summed E-state index contributed by atoms with van der Waals surface area (Å²) in [5.41, 5.74) is 0.645. The summed E-state index contributed by atoms with van der Waals surface area (Å²) < 4.78 is 5.02. The zero-order valence-electron chi connectivity index (χ0n) is 13.4. The molecule has 2 N–H and O–H groups in total. The number of nitrogens with zero attached hydrogens (tertiary/aromatic N) is 1. The second kappa shape index (κ2) is 9.45. The van der Waals surface area contributed by atoms with Crippen LogP contribution in [0.1, 0.15) is 26.2 Å². The molecular formula is C16H22N2O5. The van der Waals surface area contributed by atoms with E-state index in [9.17, 15) is 14.4 Å². The Morgan fingerprint density at radius 3 is 2.39 bits per heavy atom. The fourth-order valence-corrected chi connectivity index (χ4v) is 1.80. The molecule has 7 heteroatoms. The molecule has 7 nitrogen and oxygen atoms in total. The first-order valence-corrected chi connectivity index (χ1v) is 7.42. The van der Waals surface area contributed by atoms with Crippen molar-refractivity contribution in [2.24, 2.45) is 0 Å². The molecule has 1 aromatic carbocycles. The Morgan fingerprint density at radius 1 is 1.17 bits per heavy atom. The van der Waals surface area contributed by atoms with Gasteiger partial charge in [0.25, 0.3) is 0 Å². The third-order valence-corrected chi connectivity index (χ3v) is 3.10. The van der Waals surface area contributed by atoms with Gasteiger partial charge < -0.3 is 20.1 Å². The van der Waals surface area contributed by atoms with Gasteiger partial charge in [0.2, 0.25) is 11.8 Å². The molecule has 23 heavy (non-hydrogen) atoms. The van der Waals surface area contributed by atoms with Gasteiger partial charge in [-0.15, -0.1) is 0 Å². The van der Waals surface area contributed by atoms with E-state index in [1.165, 1.54) is 4.90 Å². The lowest BCUT2D eigenvalue weighted by atomic mass is 10.2. The lowest BCUT2D eigenvalue weighted by Gasteiger charge is -2.17. The number of carboxylic acids is 1. The summed E-state index contributed by atoms with van der Waals surface area (Å²) >= 11 is 0. The van der Waals surface area contributed by atoms with Crippen molar-refractivity contribution in [3.63, 3.8) is 0 Å². The largest absolute Gasteiger partial charge is 0.482 e. The second-order valence-corrected chi connectivity index (χ2v) is 4.98. The molecule has 0 unspecified atom stereocenters. The number of benzene rings is 1. The van der Waals surface area contributed by atoms with Crippen LogP contribution in [-0.4, -0.2) is 43.1 Å². The van der Waals surface area contributed by atoms with Gasteiger partial charge >= 0.3 is 5.97 Å². The van der Waals surface area contributed by atoms with Gasteiger partial charge in [0.05, 0.1) is 0 Å². The highest BCUT2D eigenvalue weighted by Gasteiger charge is 2.13. The monoisotopic (exact) mass is 322 g/mol. The summed E-state index contributed by atoms with van der Waals surface area (Å²) in [5.74, 6) is -0.944. The number of hydrogen-bond acceptors (Lipinski definition) is 4. The van der Waals surface area contributed by atoms with Crippen LogP contribution in [0.2, 0.25) is 0 Å². The molecule has 0 aliphatic carbocycles. The smallest absolute Gasteiger partial charge is 0.341 e. The van der Waals surface area contributed by atoms with Crippen molar-refractivity contribution in [1.82, 2.24) is 5.32 Å². The molecular weight excluding hydrogens is 300 g/mol. The van der Waals surface area contributed by atoms with Crippen LogP contribution in [0.4, 0.5) is 5.69 Å². The van der Waals surface area contributed by atoms with Crippen molar-refractivity contribution in [3.8, 4) is 5.75 Å². The van der Waals surface area contributed by atoms with Gasteiger partial charge in [-0.1, -0.05) is 6.92 Å². The Labute approximate surface area is 135 Å². The molecule has 0 fully saturated rings. The first kappa shape index (κ1) is 18.5. The van der Waals surface area contributed by atoms with Crippen LogP contribution in [0.5, 0.6) is 5.75 Å². The molecule has 0 aliphatic rings. The lowest BCUT2D eigenvalue weighted by molar-refractivity contribution is -0.139. The van der Waals surface area contributed by atoms with Crippen LogP contribution in [-0.2, 0) is 14.4 Å². The number of ether oxygens (including phenoxy) is 1. The maximum atomic E-state index is 12.1. The van der Waals surface area contributed by atoms with Crippen LogP contribution in [0.3, 0.4) is 0 Å². The van der Waals surface area contributed by atoms with Crippen molar-refractivity contribution in [2.75, 3.05) is 25.1 Å². The molecule has 0 saturated carbocycles. The number of aliphatic carboxylic acids is 1. The minimum Gasteiger partial charge on any atom is -0.482 e. The zero-order valence-corrected chi connectivity index (χ0v) is 13.4. The Kier molecular flexibility index (Phi) is 7.59. The summed E-state index contributed by atoms with van der Waals surface area (Å²) in [4.78, 5) is 35.4. The fourth-order valence-electron chi connectivity index (χ4n) is 1.80. The number of carbonyl (C=O) groups excluding carboxylic acids is 2. The van der Waals surface area contributed by atoms with Crippen LogP contribution >= 0.6 is 0 Å². The van der Waals surface area contributed by atoms with E-state index >= 15 is 0 Å². The van der Waals surface area contributed by atoms with Gasteiger partial charge in [-0.2, -0.15) is 0 Å². The third-order valence-electron chi connectivity index (χ3n) is 3.10. The predicted molar refractivity (Wildman–Crippen MR) is 85.5 cm³/mol. The standard InChI is InChI=1S/C16H22N2O5/c1-3-10-17-14(19)8-9-15(20)18(2)12-4-6-13(7-5-12)23-11-16(21)22/h4-7H,3,8-11H2,1-2H3,(H,17,19)(H,21,22). The van der Waals surface area contributed by atoms with Gasteiger partial charge in [0.15, 0.2) is 6.61 Å². The van der Waals surface area contributed by atoms with Gasteiger partial charge in [0, 0.05) is 32.1 Å². The van der Waals surface area contributed by atoms with E-state index in [2.05, 4.69) is 5.32 Å². The molecule has 0 saturated heterocycles. The van der Waals surface area contributed by atoms with Gasteiger partial charge in [-0.25, -0.2) is 4.79 Å². The van der Waals surface area contributed by atoms with Gasteiger partial charge in [-0.3, -0.25) is 9.59 Å². The zero-order chi connectivity index (χ0) is 17.2. The molecule has 0 bridgehead atoms. The average molecular weight is 322 g/mol. The first-order chi connectivity index (χ1) is 10.9. The Balaban J connectivity index is 2.49. The topological polar surface area (TPSA) is 95.9 Å². The van der Waals surface area contributed by atoms with E-state index in [-0.39, 0.29) is 24.7 Å². The van der Waals surface area contributed by atoms with Crippen LogP contribution < -0.4 is 15.0 Å². The number of anilines is 1. The highest BCUT2D eigenvalue weighted by molar-refractivity contribution is 5.94. The highest BCUT2D eigenvalue weighted by atomic mass is 16.5. The fraction of sp³-hybridized carbons (Fsp3) is 0.438. The van der Waals surface area contributed by atoms with Crippen LogP contribution in [0.25, 0.3) is 0 Å². The molecule has 0 radical (unpaired) electrons. The summed E-state index contributed by atoms with van der Waals surface area (Å²) in [6.45, 7) is 2.16. The molecule has 0 heterocycles. The van der Waals surface area contributed by atoms with Gasteiger partial charge in [0.1, 0.15) is 5.75 Å². The summed E-state index contributed by atoms with van der Waals surface area (Å²) in [6.07, 6.45) is 1.14. The minimum absolute atomic E-state index is 0.128. The Morgan fingerprint density at radius 2 is 1.83 bits per heavy atom. The Hall–Kier alpha value is -2.57. The molecule has 0 spiro atoms. The average Bonchev–Trinajstić information content (AvgIpc) is 2.55. The maximum Gasteiger partial charge on any atom is 0.341 e. The maximum absolute atomic E-state index is 12.1. The van der Waals surface area contributed by atoms with Crippen molar-refractivity contribution >= 4 is 23.5 Å². The predicted octanol–water partition coefficient (Wildman–Crippen LogP) is 1.42. The quantitative estimate of drug-likeness (QED) is 0.717. The third kappa shape index (κ3) is 6.82. The van der Waals surface area contributed by atoms with Crippen LogP contribution in [0, 0.1) is 0 Å². The molecule has 0 aliphatic heterocycles. The Bertz CT molecular complexity index is 542. The summed E-state index contributed by atoms with van der Waals surface area (Å²) in [6, 6.07) is 6.50. The van der Waals surface area contributed by atoms with Crippen molar-refractivity contribution in [2.45, 2.75) is 26.2 Å². The lowest BCUT2D eigenvalue weighted by Crippen LogP contribution is -2.29. The van der Waals surface area contributed by atoms with E-state index in [0.717, 1.165) is 6.42 Å². The summed E-state index contributed by atoms with van der Waals surface area (Å²) in [5, 5.41) is 11.3. The van der Waals surface area contributed by atoms with E-state index in [1.807, 2.05) is 6.92 Å². The molecule has 1 rings (SSSR count). The highest BCUT2D eigenvalue weighted by Crippen LogP contribution is 2.19. The van der Waals surface area contributed by atoms with Gasteiger partial charge in [-0.05, 0) is 30.7 Å². The molecule has 0 atom stereocenters. The van der Waals surface area contributed by atoms with Crippen molar-refractivity contribution in [3.05, 3.63) is 24.3 Å². The molecule has 0 aromatic heterocycles. The molecule has 2 amide bonds. The van der Waals surface area contributed by atoms with E-state index < -0.39 is 12.6 Å². The number of carboxylic acid groups (broad SMARTS) is 1. The number of carbonyl (C=O) groups is 3.